The quantitative estimate of drug-likeness (QED) is 0.908. The van der Waals surface area contributed by atoms with Crippen LogP contribution in [0.4, 0.5) is 0 Å². The molecule has 6 nitrogen and oxygen atoms in total. The van der Waals surface area contributed by atoms with Gasteiger partial charge in [0.05, 0.1) is 11.4 Å². The van der Waals surface area contributed by atoms with Crippen LogP contribution in [0.25, 0.3) is 5.69 Å². The molecule has 7 heteroatoms. The Balaban J connectivity index is 1.89. The van der Waals surface area contributed by atoms with Gasteiger partial charge in [0, 0.05) is 24.2 Å². The molecule has 2 aromatic rings. The summed E-state index contributed by atoms with van der Waals surface area (Å²) < 4.78 is 1.70. The molecule has 3 rings (SSSR count). The highest BCUT2D eigenvalue weighted by atomic mass is 35.5. The van der Waals surface area contributed by atoms with E-state index < -0.39 is 0 Å². The molecule has 1 saturated heterocycles. The summed E-state index contributed by atoms with van der Waals surface area (Å²) in [5.41, 5.74) is 8.07. The van der Waals surface area contributed by atoms with E-state index >= 15 is 0 Å². The first-order valence-corrected chi connectivity index (χ1v) is 9.14. The Kier molecular flexibility index (Phi) is 5.39. The summed E-state index contributed by atoms with van der Waals surface area (Å²) in [6, 6.07) is 7.47. The predicted molar refractivity (Wildman–Crippen MR) is 98.0 cm³/mol. The highest BCUT2D eigenvalue weighted by Crippen LogP contribution is 2.23. The molecule has 0 radical (unpaired) electrons. The van der Waals surface area contributed by atoms with Gasteiger partial charge < -0.3 is 10.6 Å². The van der Waals surface area contributed by atoms with E-state index in [0.29, 0.717) is 29.6 Å². The first-order valence-electron chi connectivity index (χ1n) is 8.76. The summed E-state index contributed by atoms with van der Waals surface area (Å²) >= 11 is 6.08. The van der Waals surface area contributed by atoms with Gasteiger partial charge in [0.25, 0.3) is 5.91 Å². The number of piperidine rings is 1. The molecule has 0 saturated carbocycles. The first-order chi connectivity index (χ1) is 12.0. The zero-order chi connectivity index (χ0) is 18.0. The molecule has 2 N–H and O–H groups in total. The Morgan fingerprint density at radius 1 is 1.48 bits per heavy atom. The van der Waals surface area contributed by atoms with Gasteiger partial charge in [0.15, 0.2) is 5.69 Å². The van der Waals surface area contributed by atoms with Crippen LogP contribution in [-0.2, 0) is 6.42 Å². The SMILES string of the molecule is CCc1c(C(=O)N2CCCC(C(C)N)C2)nnn1-c1cccc(Cl)c1. The van der Waals surface area contributed by atoms with E-state index in [0.717, 1.165) is 30.8 Å². The standard InChI is InChI=1S/C18H24ClN5O/c1-3-16-17(18(25)23-9-5-6-13(11-23)12(2)20)21-22-24(16)15-8-4-7-14(19)10-15/h4,7-8,10,12-13H,3,5-6,9,11,20H2,1-2H3. The molecule has 1 aromatic carbocycles. The van der Waals surface area contributed by atoms with Crippen molar-refractivity contribution in [1.29, 1.82) is 0 Å². The van der Waals surface area contributed by atoms with Gasteiger partial charge in [-0.15, -0.1) is 5.10 Å². The van der Waals surface area contributed by atoms with Gasteiger partial charge in [0.2, 0.25) is 0 Å². The van der Waals surface area contributed by atoms with Crippen LogP contribution in [0.2, 0.25) is 5.02 Å². The van der Waals surface area contributed by atoms with Crippen LogP contribution >= 0.6 is 11.6 Å². The molecule has 2 unspecified atom stereocenters. The van der Waals surface area contributed by atoms with E-state index in [1.165, 1.54) is 0 Å². The van der Waals surface area contributed by atoms with Crippen molar-refractivity contribution in [3.8, 4) is 5.69 Å². The van der Waals surface area contributed by atoms with Gasteiger partial charge in [-0.2, -0.15) is 0 Å². The number of nitrogens with zero attached hydrogens (tertiary/aromatic N) is 4. The topological polar surface area (TPSA) is 77.0 Å². The molecule has 0 bridgehead atoms. The van der Waals surface area contributed by atoms with E-state index in [-0.39, 0.29) is 11.9 Å². The maximum atomic E-state index is 13.0. The highest BCUT2D eigenvalue weighted by Gasteiger charge is 2.30. The summed E-state index contributed by atoms with van der Waals surface area (Å²) in [7, 11) is 0. The van der Waals surface area contributed by atoms with Gasteiger partial charge in [0.1, 0.15) is 0 Å². The fourth-order valence-corrected chi connectivity index (χ4v) is 3.56. The van der Waals surface area contributed by atoms with Crippen molar-refractivity contribution >= 4 is 17.5 Å². The largest absolute Gasteiger partial charge is 0.337 e. The Bertz CT molecular complexity index is 758. The van der Waals surface area contributed by atoms with Crippen LogP contribution in [0.5, 0.6) is 0 Å². The average Bonchev–Trinajstić information content (AvgIpc) is 3.05. The number of amides is 1. The van der Waals surface area contributed by atoms with Crippen molar-refractivity contribution in [3.63, 3.8) is 0 Å². The van der Waals surface area contributed by atoms with Crippen LogP contribution < -0.4 is 5.73 Å². The van der Waals surface area contributed by atoms with Crippen molar-refractivity contribution in [2.75, 3.05) is 13.1 Å². The van der Waals surface area contributed by atoms with Crippen LogP contribution in [-0.4, -0.2) is 44.9 Å². The summed E-state index contributed by atoms with van der Waals surface area (Å²) in [5, 5.41) is 9.01. The fraction of sp³-hybridized carbons (Fsp3) is 0.500. The van der Waals surface area contributed by atoms with Crippen molar-refractivity contribution in [2.24, 2.45) is 11.7 Å². The maximum absolute atomic E-state index is 13.0. The van der Waals surface area contributed by atoms with Gasteiger partial charge >= 0.3 is 0 Å². The second kappa shape index (κ2) is 7.54. The van der Waals surface area contributed by atoms with E-state index in [2.05, 4.69) is 10.3 Å². The van der Waals surface area contributed by atoms with Crippen molar-refractivity contribution < 1.29 is 4.79 Å². The zero-order valence-electron chi connectivity index (χ0n) is 14.7. The summed E-state index contributed by atoms with van der Waals surface area (Å²) in [5.74, 6) is 0.279. The summed E-state index contributed by atoms with van der Waals surface area (Å²) in [6.45, 7) is 5.43. The lowest BCUT2D eigenvalue weighted by Gasteiger charge is -2.34. The smallest absolute Gasteiger partial charge is 0.276 e. The van der Waals surface area contributed by atoms with Crippen molar-refractivity contribution in [2.45, 2.75) is 39.2 Å². The number of carbonyl (C=O) groups is 1. The molecule has 1 fully saturated rings. The molecule has 2 heterocycles. The molecule has 134 valence electrons. The minimum absolute atomic E-state index is 0.0597. The molecule has 1 aliphatic rings. The third-order valence-corrected chi connectivity index (χ3v) is 5.08. The van der Waals surface area contributed by atoms with E-state index in [1.54, 1.807) is 4.68 Å². The number of hydrogen-bond donors (Lipinski definition) is 1. The van der Waals surface area contributed by atoms with E-state index in [9.17, 15) is 4.79 Å². The van der Waals surface area contributed by atoms with Crippen molar-refractivity contribution in [3.05, 3.63) is 40.7 Å². The Morgan fingerprint density at radius 3 is 2.96 bits per heavy atom. The first kappa shape index (κ1) is 17.9. The van der Waals surface area contributed by atoms with Crippen LogP contribution in [0.3, 0.4) is 0 Å². The van der Waals surface area contributed by atoms with Gasteiger partial charge in [-0.05, 0) is 50.3 Å². The zero-order valence-corrected chi connectivity index (χ0v) is 15.4. The molecule has 1 amide bonds. The molecule has 1 aliphatic heterocycles. The lowest BCUT2D eigenvalue weighted by Crippen LogP contribution is -2.45. The van der Waals surface area contributed by atoms with E-state index in [4.69, 9.17) is 17.3 Å². The number of halogens is 1. The molecule has 25 heavy (non-hydrogen) atoms. The van der Waals surface area contributed by atoms with Crippen LogP contribution in [0.15, 0.2) is 24.3 Å². The van der Waals surface area contributed by atoms with Crippen LogP contribution in [0, 0.1) is 5.92 Å². The Labute approximate surface area is 152 Å². The van der Waals surface area contributed by atoms with E-state index in [1.807, 2.05) is 43.0 Å². The lowest BCUT2D eigenvalue weighted by molar-refractivity contribution is 0.0653. The monoisotopic (exact) mass is 361 g/mol. The number of rotatable bonds is 4. The minimum atomic E-state index is -0.0597. The van der Waals surface area contributed by atoms with Gasteiger partial charge in [-0.1, -0.05) is 29.8 Å². The van der Waals surface area contributed by atoms with Crippen molar-refractivity contribution in [1.82, 2.24) is 19.9 Å². The fourth-order valence-electron chi connectivity index (χ4n) is 3.37. The summed E-state index contributed by atoms with van der Waals surface area (Å²) in [4.78, 5) is 14.9. The van der Waals surface area contributed by atoms with Crippen LogP contribution in [0.1, 0.15) is 42.9 Å². The highest BCUT2D eigenvalue weighted by molar-refractivity contribution is 6.30. The third kappa shape index (κ3) is 3.70. The lowest BCUT2D eigenvalue weighted by atomic mass is 9.92. The molecular weight excluding hydrogens is 338 g/mol. The number of benzene rings is 1. The molecule has 2 atom stereocenters. The predicted octanol–water partition coefficient (Wildman–Crippen LogP) is 2.68. The number of likely N-dealkylation sites (tertiary alicyclic amines) is 1. The Morgan fingerprint density at radius 2 is 2.28 bits per heavy atom. The second-order valence-corrected chi connectivity index (χ2v) is 7.08. The third-order valence-electron chi connectivity index (χ3n) is 4.84. The maximum Gasteiger partial charge on any atom is 0.276 e. The number of aromatic nitrogens is 3. The molecule has 0 spiro atoms. The number of carbonyl (C=O) groups excluding carboxylic acids is 1. The average molecular weight is 362 g/mol. The summed E-state index contributed by atoms with van der Waals surface area (Å²) in [6.07, 6.45) is 2.70. The second-order valence-electron chi connectivity index (χ2n) is 6.64. The number of hydrogen-bond acceptors (Lipinski definition) is 4. The minimum Gasteiger partial charge on any atom is -0.337 e. The Hall–Kier alpha value is -1.92. The molecule has 0 aliphatic carbocycles. The molecular formula is C18H24ClN5O. The molecule has 1 aromatic heterocycles. The van der Waals surface area contributed by atoms with Gasteiger partial charge in [-0.25, -0.2) is 4.68 Å². The van der Waals surface area contributed by atoms with Gasteiger partial charge in [-0.3, -0.25) is 4.79 Å². The number of nitrogens with two attached hydrogens (primary N) is 1. The normalized spacial score (nSPS) is 19.0.